The van der Waals surface area contributed by atoms with Crippen LogP contribution in [0.3, 0.4) is 0 Å². The Hall–Kier alpha value is -0.650. The van der Waals surface area contributed by atoms with E-state index in [0.29, 0.717) is 23.3 Å². The summed E-state index contributed by atoms with van der Waals surface area (Å²) in [6, 6.07) is 7.37. The maximum Gasteiger partial charge on any atom is 0.288 e. The number of nitrogens with one attached hydrogen (secondary N) is 1. The Morgan fingerprint density at radius 1 is 1.31 bits per heavy atom. The minimum Gasteiger partial charge on any atom is -0.378 e. The van der Waals surface area contributed by atoms with Gasteiger partial charge in [0.1, 0.15) is 0 Å². The number of hydrogen-bond acceptors (Lipinski definition) is 3. The fourth-order valence-corrected chi connectivity index (χ4v) is 2.16. The van der Waals surface area contributed by atoms with Gasteiger partial charge in [0.25, 0.3) is 5.76 Å². The van der Waals surface area contributed by atoms with Crippen molar-refractivity contribution >= 4 is 11.8 Å². The van der Waals surface area contributed by atoms with Crippen molar-refractivity contribution in [2.75, 3.05) is 19.8 Å². The van der Waals surface area contributed by atoms with Crippen molar-refractivity contribution in [3.05, 3.63) is 29.8 Å². The number of thioether (sulfide) groups is 1. The van der Waals surface area contributed by atoms with E-state index < -0.39 is 5.76 Å². The third-order valence-electron chi connectivity index (χ3n) is 2.43. The van der Waals surface area contributed by atoms with Gasteiger partial charge in [-0.15, -0.1) is 0 Å². The maximum atomic E-state index is 12.1. The van der Waals surface area contributed by atoms with Crippen molar-refractivity contribution in [1.82, 2.24) is 5.32 Å². The van der Waals surface area contributed by atoms with E-state index >= 15 is 0 Å². The molecule has 2 nitrogen and oxygen atoms in total. The van der Waals surface area contributed by atoms with Crippen LogP contribution in [0.2, 0.25) is 0 Å². The van der Waals surface area contributed by atoms with E-state index in [1.54, 1.807) is 12.1 Å². The second kappa shape index (κ2) is 5.61. The van der Waals surface area contributed by atoms with Crippen molar-refractivity contribution in [1.29, 1.82) is 0 Å². The number of rotatable bonds is 3. The molecule has 88 valence electrons. The lowest BCUT2D eigenvalue weighted by Crippen LogP contribution is -2.34. The minimum atomic E-state index is -2.36. The largest absolute Gasteiger partial charge is 0.378 e. The van der Waals surface area contributed by atoms with Crippen LogP contribution >= 0.6 is 11.8 Å². The second-order valence-electron chi connectivity index (χ2n) is 3.53. The van der Waals surface area contributed by atoms with Crippen LogP contribution in [0.5, 0.6) is 0 Å². The molecule has 16 heavy (non-hydrogen) atoms. The molecule has 5 heteroatoms. The average Bonchev–Trinajstić information content (AvgIpc) is 2.30. The Bertz CT molecular complexity index is 325. The third-order valence-corrected chi connectivity index (χ3v) is 3.15. The van der Waals surface area contributed by atoms with Gasteiger partial charge in [-0.1, -0.05) is 23.9 Å². The molecule has 0 bridgehead atoms. The quantitative estimate of drug-likeness (QED) is 0.827. The van der Waals surface area contributed by atoms with Gasteiger partial charge in [-0.05, 0) is 17.7 Å². The summed E-state index contributed by atoms with van der Waals surface area (Å²) in [6.07, 6.45) is 0. The lowest BCUT2D eigenvalue weighted by atomic mass is 10.1. The predicted molar refractivity (Wildman–Crippen MR) is 59.9 cm³/mol. The molecule has 1 fully saturated rings. The Kier molecular flexibility index (Phi) is 4.15. The van der Waals surface area contributed by atoms with Crippen LogP contribution in [0.4, 0.5) is 8.78 Å². The molecule has 0 saturated carbocycles. The zero-order valence-corrected chi connectivity index (χ0v) is 9.47. The van der Waals surface area contributed by atoms with Crippen molar-refractivity contribution in [2.24, 2.45) is 0 Å². The minimum absolute atomic E-state index is 0.180. The van der Waals surface area contributed by atoms with Crippen LogP contribution in [-0.4, -0.2) is 25.5 Å². The Morgan fingerprint density at radius 2 is 2.06 bits per heavy atom. The van der Waals surface area contributed by atoms with Gasteiger partial charge in [-0.2, -0.15) is 8.78 Å². The maximum absolute atomic E-state index is 12.1. The standard InChI is InChI=1S/C11H13F2NOS/c12-11(13)16-9-3-1-8(2-4-9)10-7-15-6-5-14-10/h1-4,10-11,14H,5-7H2. The van der Waals surface area contributed by atoms with Crippen LogP contribution < -0.4 is 5.32 Å². The molecule has 1 aromatic rings. The molecule has 1 aliphatic rings. The molecule has 0 radical (unpaired) electrons. The molecule has 1 aromatic carbocycles. The molecule has 1 N–H and O–H groups in total. The van der Waals surface area contributed by atoms with Crippen LogP contribution in [0.15, 0.2) is 29.2 Å². The van der Waals surface area contributed by atoms with E-state index in [0.717, 1.165) is 18.7 Å². The molecule has 1 saturated heterocycles. The highest BCUT2D eigenvalue weighted by molar-refractivity contribution is 7.99. The summed E-state index contributed by atoms with van der Waals surface area (Å²) in [5.74, 6) is -2.36. The topological polar surface area (TPSA) is 21.3 Å². The second-order valence-corrected chi connectivity index (χ2v) is 4.59. The summed E-state index contributed by atoms with van der Waals surface area (Å²) in [5.41, 5.74) is 1.08. The monoisotopic (exact) mass is 245 g/mol. The Morgan fingerprint density at radius 3 is 2.62 bits per heavy atom. The molecule has 0 amide bonds. The molecule has 1 heterocycles. The highest BCUT2D eigenvalue weighted by Crippen LogP contribution is 2.26. The number of hydrogen-bond donors (Lipinski definition) is 1. The van der Waals surface area contributed by atoms with Crippen LogP contribution in [0.25, 0.3) is 0 Å². The lowest BCUT2D eigenvalue weighted by Gasteiger charge is -2.24. The molecule has 2 rings (SSSR count). The summed E-state index contributed by atoms with van der Waals surface area (Å²) in [7, 11) is 0. The zero-order valence-electron chi connectivity index (χ0n) is 8.66. The predicted octanol–water partition coefficient (Wildman–Crippen LogP) is 2.66. The van der Waals surface area contributed by atoms with Gasteiger partial charge in [-0.3, -0.25) is 0 Å². The first-order chi connectivity index (χ1) is 7.75. The zero-order chi connectivity index (χ0) is 11.4. The fourth-order valence-electron chi connectivity index (χ4n) is 1.66. The average molecular weight is 245 g/mol. The number of ether oxygens (including phenoxy) is 1. The van der Waals surface area contributed by atoms with Gasteiger partial charge in [0.05, 0.1) is 19.3 Å². The van der Waals surface area contributed by atoms with Crippen LogP contribution in [0.1, 0.15) is 11.6 Å². The van der Waals surface area contributed by atoms with Crippen LogP contribution in [0, 0.1) is 0 Å². The van der Waals surface area contributed by atoms with E-state index in [1.165, 1.54) is 0 Å². The van der Waals surface area contributed by atoms with Crippen molar-refractivity contribution in [3.8, 4) is 0 Å². The lowest BCUT2D eigenvalue weighted by molar-refractivity contribution is 0.0769. The molecular weight excluding hydrogens is 232 g/mol. The van der Waals surface area contributed by atoms with E-state index in [1.807, 2.05) is 12.1 Å². The van der Waals surface area contributed by atoms with Gasteiger partial charge in [0, 0.05) is 11.4 Å². The third kappa shape index (κ3) is 3.17. The number of morpholine rings is 1. The smallest absolute Gasteiger partial charge is 0.288 e. The number of halogens is 2. The first-order valence-electron chi connectivity index (χ1n) is 5.11. The van der Waals surface area contributed by atoms with Gasteiger partial charge < -0.3 is 10.1 Å². The summed E-state index contributed by atoms with van der Waals surface area (Å²) < 4.78 is 29.6. The van der Waals surface area contributed by atoms with Gasteiger partial charge >= 0.3 is 0 Å². The van der Waals surface area contributed by atoms with Gasteiger partial charge in [0.15, 0.2) is 0 Å². The van der Waals surface area contributed by atoms with E-state index in [4.69, 9.17) is 4.74 Å². The van der Waals surface area contributed by atoms with Crippen molar-refractivity contribution in [3.63, 3.8) is 0 Å². The first kappa shape index (κ1) is 11.8. The Labute approximate surface area is 97.4 Å². The highest BCUT2D eigenvalue weighted by atomic mass is 32.2. The molecule has 1 unspecified atom stereocenters. The van der Waals surface area contributed by atoms with E-state index in [9.17, 15) is 8.78 Å². The highest BCUT2D eigenvalue weighted by Gasteiger charge is 2.15. The summed E-state index contributed by atoms with van der Waals surface area (Å²) in [6.45, 7) is 2.20. The summed E-state index contributed by atoms with van der Waals surface area (Å²) in [5, 5.41) is 3.32. The number of alkyl halides is 2. The molecule has 0 aromatic heterocycles. The van der Waals surface area contributed by atoms with E-state index in [2.05, 4.69) is 5.32 Å². The molecule has 0 spiro atoms. The summed E-state index contributed by atoms with van der Waals surface area (Å²) >= 11 is 0.569. The Balaban J connectivity index is 2.00. The fraction of sp³-hybridized carbons (Fsp3) is 0.455. The first-order valence-corrected chi connectivity index (χ1v) is 5.99. The molecule has 0 aliphatic carbocycles. The normalized spacial score (nSPS) is 21.3. The van der Waals surface area contributed by atoms with Crippen LogP contribution in [-0.2, 0) is 4.74 Å². The summed E-state index contributed by atoms with van der Waals surface area (Å²) in [4.78, 5) is 0.593. The molecule has 1 aliphatic heterocycles. The SMILES string of the molecule is FC(F)Sc1ccc(C2COCCN2)cc1. The van der Waals surface area contributed by atoms with Crippen molar-refractivity contribution < 1.29 is 13.5 Å². The van der Waals surface area contributed by atoms with E-state index in [-0.39, 0.29) is 6.04 Å². The van der Waals surface area contributed by atoms with Gasteiger partial charge in [-0.25, -0.2) is 0 Å². The molecular formula is C11H13F2NOS. The number of benzene rings is 1. The molecule has 1 atom stereocenters. The van der Waals surface area contributed by atoms with Crippen molar-refractivity contribution in [2.45, 2.75) is 16.7 Å². The van der Waals surface area contributed by atoms with Gasteiger partial charge in [0.2, 0.25) is 0 Å².